The van der Waals surface area contributed by atoms with E-state index >= 15 is 0 Å². The van der Waals surface area contributed by atoms with E-state index in [9.17, 15) is 4.79 Å². The van der Waals surface area contributed by atoms with Crippen molar-refractivity contribution in [3.63, 3.8) is 0 Å². The molecule has 0 spiro atoms. The summed E-state index contributed by atoms with van der Waals surface area (Å²) in [6.07, 6.45) is 2.32. The second-order valence-corrected chi connectivity index (χ2v) is 12.5. The second kappa shape index (κ2) is 18.3. The normalized spacial score (nSPS) is 10.6. The van der Waals surface area contributed by atoms with Crippen molar-refractivity contribution in [1.29, 1.82) is 0 Å². The highest BCUT2D eigenvalue weighted by atomic mass is 32.1. The lowest BCUT2D eigenvalue weighted by Gasteiger charge is -2.24. The standard InChI is InChI=1S/C34H44N6OS3/c1-5-26-6-12-30(13-7-26)38-33(43)35-18-20-40(32(41)23-28-10-14-29(15-11-28)37-25(4)42)21-19-36-34(44)39-31-16-8-27(9-17-31)22-24(2)3/h6-17,24H,5,18-23H2,1-4H3,(H,37,42)(H2,35,38,43)(H2,36,39,44). The average Bonchev–Trinajstić information content (AvgIpc) is 2.98. The molecule has 0 saturated carbocycles. The topological polar surface area (TPSA) is 80.5 Å². The third-order valence-electron chi connectivity index (χ3n) is 6.79. The van der Waals surface area contributed by atoms with Gasteiger partial charge in [0.25, 0.3) is 0 Å². The number of amides is 1. The number of hydrogen-bond donors (Lipinski definition) is 5. The fourth-order valence-electron chi connectivity index (χ4n) is 4.54. The van der Waals surface area contributed by atoms with Crippen molar-refractivity contribution in [2.24, 2.45) is 5.92 Å². The Hall–Kier alpha value is -3.60. The van der Waals surface area contributed by atoms with Gasteiger partial charge in [0.1, 0.15) is 0 Å². The molecule has 0 saturated heterocycles. The van der Waals surface area contributed by atoms with Gasteiger partial charge in [0.2, 0.25) is 5.91 Å². The van der Waals surface area contributed by atoms with Gasteiger partial charge in [-0.1, -0.05) is 69.4 Å². The molecular weight excluding hydrogens is 605 g/mol. The van der Waals surface area contributed by atoms with E-state index in [0.717, 1.165) is 35.5 Å². The minimum Gasteiger partial charge on any atom is -0.361 e. The zero-order valence-electron chi connectivity index (χ0n) is 26.0. The molecule has 3 rings (SSSR count). The van der Waals surface area contributed by atoms with E-state index in [0.29, 0.717) is 47.3 Å². The molecule has 0 aliphatic rings. The molecule has 7 nitrogen and oxygen atoms in total. The number of rotatable bonds is 14. The van der Waals surface area contributed by atoms with Crippen molar-refractivity contribution in [2.75, 3.05) is 42.1 Å². The number of carbonyl (C=O) groups is 1. The highest BCUT2D eigenvalue weighted by Crippen LogP contribution is 2.14. The zero-order chi connectivity index (χ0) is 31.9. The lowest BCUT2D eigenvalue weighted by atomic mass is 10.0. The van der Waals surface area contributed by atoms with Crippen LogP contribution in [0.5, 0.6) is 0 Å². The molecule has 3 aromatic rings. The third kappa shape index (κ3) is 13.0. The molecule has 3 aromatic carbocycles. The summed E-state index contributed by atoms with van der Waals surface area (Å²) >= 11 is 16.1. The quantitative estimate of drug-likeness (QED) is 0.125. The number of thiocarbonyl (C=S) groups is 3. The molecule has 0 fully saturated rings. The minimum atomic E-state index is 0.0222. The molecule has 0 aromatic heterocycles. The van der Waals surface area contributed by atoms with Crippen LogP contribution < -0.4 is 26.6 Å². The van der Waals surface area contributed by atoms with Gasteiger partial charge in [-0.15, -0.1) is 0 Å². The van der Waals surface area contributed by atoms with E-state index in [2.05, 4.69) is 71.6 Å². The Kier molecular flexibility index (Phi) is 14.5. The van der Waals surface area contributed by atoms with Gasteiger partial charge in [-0.3, -0.25) is 4.79 Å². The number of carbonyl (C=O) groups excluding carboxylic acids is 1. The van der Waals surface area contributed by atoms with Crippen LogP contribution in [0.15, 0.2) is 72.8 Å². The summed E-state index contributed by atoms with van der Waals surface area (Å²) in [7, 11) is 0. The highest BCUT2D eigenvalue weighted by molar-refractivity contribution is 7.80. The van der Waals surface area contributed by atoms with Crippen LogP contribution in [0, 0.1) is 5.92 Å². The van der Waals surface area contributed by atoms with Crippen molar-refractivity contribution in [3.05, 3.63) is 89.5 Å². The lowest BCUT2D eigenvalue weighted by Crippen LogP contribution is -2.44. The first-order valence-electron chi connectivity index (χ1n) is 15.0. The summed E-state index contributed by atoms with van der Waals surface area (Å²) in [4.78, 5) is 15.9. The molecule has 0 aliphatic heterocycles. The first kappa shape index (κ1) is 34.9. The first-order chi connectivity index (χ1) is 21.1. The monoisotopic (exact) mass is 648 g/mol. The SMILES string of the molecule is CCc1ccc(NC(=S)NCCN(CCNC(=S)Nc2ccc(CC(C)C)cc2)C(=O)Cc2ccc(NC(C)=S)cc2)cc1. The molecule has 0 bridgehead atoms. The Balaban J connectivity index is 1.54. The number of benzene rings is 3. The fourth-order valence-corrected chi connectivity index (χ4v) is 5.09. The summed E-state index contributed by atoms with van der Waals surface area (Å²) in [5.74, 6) is 0.632. The van der Waals surface area contributed by atoms with Gasteiger partial charge >= 0.3 is 0 Å². The molecule has 1 amide bonds. The molecule has 0 unspecified atom stereocenters. The average molecular weight is 649 g/mol. The first-order valence-corrected chi connectivity index (χ1v) is 16.3. The molecule has 0 heterocycles. The fraction of sp³-hybridized carbons (Fsp3) is 0.353. The Morgan fingerprint density at radius 2 is 1.11 bits per heavy atom. The molecule has 0 atom stereocenters. The Labute approximate surface area is 278 Å². The van der Waals surface area contributed by atoms with Gasteiger partial charge in [-0.2, -0.15) is 0 Å². The van der Waals surface area contributed by atoms with E-state index < -0.39 is 0 Å². The number of nitrogens with one attached hydrogen (secondary N) is 5. The number of anilines is 3. The highest BCUT2D eigenvalue weighted by Gasteiger charge is 2.15. The van der Waals surface area contributed by atoms with Gasteiger partial charge < -0.3 is 31.5 Å². The summed E-state index contributed by atoms with van der Waals surface area (Å²) in [6, 6.07) is 24.3. The van der Waals surface area contributed by atoms with E-state index in [4.69, 9.17) is 36.7 Å². The third-order valence-corrected chi connectivity index (χ3v) is 7.39. The summed E-state index contributed by atoms with van der Waals surface area (Å²) < 4.78 is 0. The maximum Gasteiger partial charge on any atom is 0.227 e. The molecule has 234 valence electrons. The number of aryl methyl sites for hydroxylation is 1. The van der Waals surface area contributed by atoms with Crippen LogP contribution in [0.25, 0.3) is 0 Å². The van der Waals surface area contributed by atoms with Gasteiger partial charge in [-0.25, -0.2) is 0 Å². The van der Waals surface area contributed by atoms with Gasteiger partial charge in [0.15, 0.2) is 10.2 Å². The van der Waals surface area contributed by atoms with Crippen LogP contribution in [0.3, 0.4) is 0 Å². The Bertz CT molecular complexity index is 1380. The lowest BCUT2D eigenvalue weighted by molar-refractivity contribution is -0.130. The molecule has 5 N–H and O–H groups in total. The van der Waals surface area contributed by atoms with Crippen LogP contribution in [-0.4, -0.2) is 52.2 Å². The van der Waals surface area contributed by atoms with E-state index in [1.54, 1.807) is 0 Å². The van der Waals surface area contributed by atoms with E-state index in [1.807, 2.05) is 60.4 Å². The van der Waals surface area contributed by atoms with E-state index in [1.165, 1.54) is 11.1 Å². The largest absolute Gasteiger partial charge is 0.361 e. The van der Waals surface area contributed by atoms with Crippen molar-refractivity contribution >= 4 is 74.8 Å². The maximum atomic E-state index is 13.4. The van der Waals surface area contributed by atoms with Crippen LogP contribution in [-0.2, 0) is 24.1 Å². The van der Waals surface area contributed by atoms with Crippen LogP contribution >= 0.6 is 36.7 Å². The second-order valence-electron chi connectivity index (χ2n) is 11.0. The number of hydrogen-bond acceptors (Lipinski definition) is 4. The Morgan fingerprint density at radius 3 is 1.55 bits per heavy atom. The summed E-state index contributed by atoms with van der Waals surface area (Å²) in [5, 5.41) is 17.1. The molecular formula is C34H44N6OS3. The zero-order valence-corrected chi connectivity index (χ0v) is 28.5. The van der Waals surface area contributed by atoms with Crippen LogP contribution in [0.1, 0.15) is 44.4 Å². The van der Waals surface area contributed by atoms with Crippen molar-refractivity contribution < 1.29 is 4.79 Å². The predicted octanol–water partition coefficient (Wildman–Crippen LogP) is 6.55. The number of nitrogens with zero attached hydrogens (tertiary/aromatic N) is 1. The Morgan fingerprint density at radius 1 is 0.682 bits per heavy atom. The summed E-state index contributed by atoms with van der Waals surface area (Å²) in [6.45, 7) is 10.4. The minimum absolute atomic E-state index is 0.0222. The molecule has 0 radical (unpaired) electrons. The predicted molar refractivity (Wildman–Crippen MR) is 198 cm³/mol. The van der Waals surface area contributed by atoms with Gasteiger partial charge in [0.05, 0.1) is 11.4 Å². The van der Waals surface area contributed by atoms with E-state index in [-0.39, 0.29) is 12.3 Å². The molecule has 10 heteroatoms. The van der Waals surface area contributed by atoms with Crippen molar-refractivity contribution in [2.45, 2.75) is 47.0 Å². The molecule has 44 heavy (non-hydrogen) atoms. The van der Waals surface area contributed by atoms with Crippen molar-refractivity contribution in [1.82, 2.24) is 15.5 Å². The van der Waals surface area contributed by atoms with Crippen LogP contribution in [0.4, 0.5) is 17.1 Å². The van der Waals surface area contributed by atoms with Gasteiger partial charge in [0, 0.05) is 43.2 Å². The van der Waals surface area contributed by atoms with Gasteiger partial charge in [-0.05, 0) is 103 Å². The maximum absolute atomic E-state index is 13.4. The smallest absolute Gasteiger partial charge is 0.227 e. The summed E-state index contributed by atoms with van der Waals surface area (Å²) in [5.41, 5.74) is 6.26. The molecule has 0 aliphatic carbocycles. The van der Waals surface area contributed by atoms with Crippen molar-refractivity contribution in [3.8, 4) is 0 Å². The van der Waals surface area contributed by atoms with Crippen LogP contribution in [0.2, 0.25) is 0 Å².